The molecule has 1 aliphatic rings. The van der Waals surface area contributed by atoms with Gasteiger partial charge >= 0.3 is 5.97 Å². The molecule has 0 saturated carbocycles. The van der Waals surface area contributed by atoms with E-state index in [4.69, 9.17) is 33.8 Å². The van der Waals surface area contributed by atoms with Gasteiger partial charge < -0.3 is 75.5 Å². The molecular weight excluding hydrogens is 1130 g/mol. The van der Waals surface area contributed by atoms with Crippen LogP contribution in [0.25, 0.3) is 0 Å². The summed E-state index contributed by atoms with van der Waals surface area (Å²) in [5, 5.41) is 48.1. The highest BCUT2D eigenvalue weighted by atomic mass is 16.4. The molecular formula is C63H87N15O10. The monoisotopic (exact) mass is 1210 g/mol. The number of aliphatic carboxylic acids is 1. The molecule has 0 aliphatic carbocycles. The van der Waals surface area contributed by atoms with Gasteiger partial charge in [0.2, 0.25) is 47.3 Å². The molecule has 1 aliphatic heterocycles. The highest BCUT2D eigenvalue weighted by Gasteiger charge is 2.46. The smallest absolute Gasteiger partial charge is 0.329 e. The van der Waals surface area contributed by atoms with Crippen LogP contribution in [0.3, 0.4) is 0 Å². The fourth-order valence-corrected chi connectivity index (χ4v) is 10.2. The maximum absolute atomic E-state index is 14.5. The maximum atomic E-state index is 14.5. The van der Waals surface area contributed by atoms with E-state index in [0.29, 0.717) is 11.1 Å². The van der Waals surface area contributed by atoms with Gasteiger partial charge in [-0.05, 0) is 79.0 Å². The van der Waals surface area contributed by atoms with Gasteiger partial charge in [-0.1, -0.05) is 149 Å². The number of carboxylic acids is 1. The van der Waals surface area contributed by atoms with Crippen LogP contribution in [0.4, 0.5) is 0 Å². The summed E-state index contributed by atoms with van der Waals surface area (Å²) in [6.07, 6.45) is -0.799. The number of likely N-dealkylation sites (tertiary alicyclic amines) is 1. The third kappa shape index (κ3) is 22.6. The van der Waals surface area contributed by atoms with Crippen LogP contribution in [0.5, 0.6) is 0 Å². The molecule has 25 nitrogen and oxygen atoms in total. The number of amidine groups is 1. The molecule has 8 atom stereocenters. The summed E-state index contributed by atoms with van der Waals surface area (Å²) in [5.41, 5.74) is 25.0. The summed E-state index contributed by atoms with van der Waals surface area (Å²) >= 11 is 0. The largest absolute Gasteiger partial charge is 0.480 e. The van der Waals surface area contributed by atoms with Gasteiger partial charge in [0.1, 0.15) is 41.8 Å². The van der Waals surface area contributed by atoms with Crippen molar-refractivity contribution in [2.24, 2.45) is 34.8 Å². The number of benzene rings is 4. The maximum Gasteiger partial charge on any atom is 0.329 e. The Kier molecular flexibility index (Phi) is 27.0. The van der Waals surface area contributed by atoms with Gasteiger partial charge in [0.15, 0.2) is 5.96 Å². The number of nitrogens with one attached hydrogen (secondary N) is 10. The first-order valence-corrected chi connectivity index (χ1v) is 29.6. The van der Waals surface area contributed by atoms with Crippen LogP contribution in [-0.4, -0.2) is 149 Å². The molecule has 0 aromatic heterocycles. The lowest BCUT2D eigenvalue weighted by Crippen LogP contribution is -2.65. The van der Waals surface area contributed by atoms with Crippen LogP contribution in [0.1, 0.15) is 88.5 Å². The summed E-state index contributed by atoms with van der Waals surface area (Å²) in [6.45, 7) is 6.67. The first-order chi connectivity index (χ1) is 41.8. The molecule has 5 rings (SSSR count). The first-order valence-electron chi connectivity index (χ1n) is 29.6. The minimum atomic E-state index is -2.03. The molecule has 88 heavy (non-hydrogen) atoms. The van der Waals surface area contributed by atoms with Gasteiger partial charge in [0, 0.05) is 38.9 Å². The second-order valence-corrected chi connectivity index (χ2v) is 23.2. The summed E-state index contributed by atoms with van der Waals surface area (Å²) in [4.78, 5) is 128. The molecule has 1 saturated heterocycles. The van der Waals surface area contributed by atoms with Crippen molar-refractivity contribution < 1.29 is 48.3 Å². The van der Waals surface area contributed by atoms with Gasteiger partial charge in [-0.3, -0.25) is 49.2 Å². The predicted molar refractivity (Wildman–Crippen MR) is 332 cm³/mol. The van der Waals surface area contributed by atoms with Crippen molar-refractivity contribution in [2.75, 3.05) is 19.6 Å². The molecule has 1 fully saturated rings. The Labute approximate surface area is 513 Å². The fourth-order valence-electron chi connectivity index (χ4n) is 10.2. The molecule has 4 aromatic carbocycles. The van der Waals surface area contributed by atoms with Gasteiger partial charge in [-0.2, -0.15) is 0 Å². The van der Waals surface area contributed by atoms with E-state index in [1.54, 1.807) is 74.5 Å². The van der Waals surface area contributed by atoms with Crippen molar-refractivity contribution in [3.8, 4) is 0 Å². The number of hydrogen-bond acceptors (Lipinski definition) is 13. The Balaban J connectivity index is 1.30. The molecule has 474 valence electrons. The Morgan fingerprint density at radius 2 is 0.830 bits per heavy atom. The Morgan fingerprint density at radius 3 is 1.18 bits per heavy atom. The van der Waals surface area contributed by atoms with Crippen molar-refractivity contribution in [3.63, 3.8) is 0 Å². The Bertz CT molecular complexity index is 3000. The zero-order valence-electron chi connectivity index (χ0n) is 50.4. The van der Waals surface area contributed by atoms with E-state index in [1.807, 2.05) is 74.5 Å². The molecule has 0 radical (unpaired) electrons. The van der Waals surface area contributed by atoms with Crippen LogP contribution in [0.2, 0.25) is 0 Å². The highest BCUT2D eigenvalue weighted by molar-refractivity contribution is 5.99. The minimum Gasteiger partial charge on any atom is -0.480 e. The van der Waals surface area contributed by atoms with Crippen LogP contribution in [0, 0.1) is 22.7 Å². The fraction of sp³-hybridized carbons (Fsp3) is 0.444. The second-order valence-electron chi connectivity index (χ2n) is 23.2. The van der Waals surface area contributed by atoms with E-state index < -0.39 is 125 Å². The number of hydrogen-bond donors (Lipinski definition) is 15. The Morgan fingerprint density at radius 1 is 0.489 bits per heavy atom. The number of nitrogens with two attached hydrogens (primary N) is 4. The number of carboxylic acid groups (broad SMARTS) is 1. The van der Waals surface area contributed by atoms with Crippen molar-refractivity contribution in [1.82, 2.24) is 47.4 Å². The van der Waals surface area contributed by atoms with E-state index in [0.717, 1.165) is 11.1 Å². The normalized spacial score (nSPS) is 15.5. The van der Waals surface area contributed by atoms with E-state index in [9.17, 15) is 48.3 Å². The number of carbonyl (C=O) groups excluding carboxylic acids is 8. The third-order valence-electron chi connectivity index (χ3n) is 14.9. The molecule has 0 spiro atoms. The van der Waals surface area contributed by atoms with Crippen LogP contribution in [-0.2, 0) is 68.8 Å². The summed E-state index contributed by atoms with van der Waals surface area (Å²) in [7, 11) is 0. The highest BCUT2D eigenvalue weighted by Crippen LogP contribution is 2.25. The zero-order valence-corrected chi connectivity index (χ0v) is 50.4. The van der Waals surface area contributed by atoms with Crippen LogP contribution >= 0.6 is 0 Å². The average Bonchev–Trinajstić information content (AvgIpc) is 1.12. The van der Waals surface area contributed by atoms with Crippen molar-refractivity contribution in [2.45, 2.75) is 146 Å². The van der Waals surface area contributed by atoms with E-state index in [-0.39, 0.29) is 89.3 Å². The summed E-state index contributed by atoms with van der Waals surface area (Å²) in [5.74, 6) is -8.69. The molecule has 4 aromatic rings. The average molecular weight is 1210 g/mol. The summed E-state index contributed by atoms with van der Waals surface area (Å²) in [6, 6.07) is 26.2. The Hall–Kier alpha value is -9.23. The molecule has 0 unspecified atom stereocenters. The van der Waals surface area contributed by atoms with Crippen LogP contribution < -0.4 is 65.5 Å². The van der Waals surface area contributed by atoms with Crippen molar-refractivity contribution in [1.29, 1.82) is 10.8 Å². The summed E-state index contributed by atoms with van der Waals surface area (Å²) < 4.78 is 0. The van der Waals surface area contributed by atoms with Crippen molar-refractivity contribution >= 4 is 65.0 Å². The SMILES string of the molecule is CC(C)C[C@@H](NC(=O)[C@@H](Cc1ccccc1)NC(=O)[C@H](N)Cc1ccccc1)C(=O)N[C@H](CC(=N)N)C(=O)NC1(C(=O)O)CCN(C(=O)[C@@H](CCNC(=N)N)NC(=O)[C@@H](CC(C)C)NC(=O)[C@@H](Cc2ccccc2)NC(=O)[C@H](N)Cc2ccccc2)CC1. The van der Waals surface area contributed by atoms with Crippen LogP contribution in [0.15, 0.2) is 121 Å². The second kappa shape index (κ2) is 34.2. The first kappa shape index (κ1) is 69.5. The molecule has 0 bridgehead atoms. The van der Waals surface area contributed by atoms with Crippen molar-refractivity contribution in [3.05, 3.63) is 144 Å². The predicted octanol–water partition coefficient (Wildman–Crippen LogP) is 0.374. The number of piperidine rings is 1. The standard InChI is InChI=1S/C63H87N15O10/c1-38(2)31-47(74-57(83)49(35-42-21-13-7-14-22-42)72-53(79)44(64)33-40-17-9-5-10-18-40)55(81)71-46(25-28-70-62(68)69)60(86)78-29-26-63(27-30-78,61(87)88)77-59(85)51(37-52(66)67)76-56(82)48(32-39(3)4)75-58(84)50(36-43-23-15-8-16-24-43)73-54(80)45(65)34-41-19-11-6-12-20-41/h5-24,38-39,44-51H,25-37,64-65H2,1-4H3,(H3,66,67)(H,71,81)(H,72,79)(H,73,80)(H,74,83)(H,75,84)(H,76,82)(H,77,85)(H,87,88)(H4,68,69,70)/t44-,45-,46-,47-,48-,49-,50-,51-/m1/s1. The topological polar surface area (TPSA) is 425 Å². The number of guanidine groups is 1. The van der Waals surface area contributed by atoms with Gasteiger partial charge in [-0.15, -0.1) is 0 Å². The van der Waals surface area contributed by atoms with Gasteiger partial charge in [0.25, 0.3) is 0 Å². The number of carbonyl (C=O) groups is 9. The van der Waals surface area contributed by atoms with E-state index in [1.165, 1.54) is 4.90 Å². The van der Waals surface area contributed by atoms with E-state index >= 15 is 0 Å². The minimum absolute atomic E-state index is 0.0272. The number of nitrogens with zero attached hydrogens (tertiary/aromatic N) is 1. The van der Waals surface area contributed by atoms with Gasteiger partial charge in [-0.25, -0.2) is 4.79 Å². The lowest BCUT2D eigenvalue weighted by molar-refractivity contribution is -0.152. The van der Waals surface area contributed by atoms with E-state index in [2.05, 4.69) is 42.5 Å². The van der Waals surface area contributed by atoms with Gasteiger partial charge in [0.05, 0.1) is 17.9 Å². The quantitative estimate of drug-likeness (QED) is 0.0226. The lowest BCUT2D eigenvalue weighted by Gasteiger charge is -2.41. The third-order valence-corrected chi connectivity index (χ3v) is 14.9. The molecule has 25 heteroatoms. The molecule has 8 amide bonds. The molecule has 1 heterocycles. The molecule has 19 N–H and O–H groups in total. The number of rotatable bonds is 33. The number of amides is 8. The lowest BCUT2D eigenvalue weighted by atomic mass is 9.86. The zero-order chi connectivity index (χ0) is 64.5.